The molecule has 3 rings (SSSR count). The molecule has 0 saturated heterocycles. The normalized spacial score (nSPS) is 10.5. The lowest BCUT2D eigenvalue weighted by molar-refractivity contribution is -0.117. The molecule has 2 amide bonds. The summed E-state index contributed by atoms with van der Waals surface area (Å²) >= 11 is 11.9. The Kier molecular flexibility index (Phi) is 5.73. The lowest BCUT2D eigenvalue weighted by Gasteiger charge is -2.07. The fraction of sp³-hybridized carbons (Fsp3) is 0.111. The van der Waals surface area contributed by atoms with Crippen LogP contribution in [0.3, 0.4) is 0 Å². The number of carbonyl (C=O) groups is 2. The number of nitrogens with one attached hydrogen (secondary N) is 2. The zero-order valence-electron chi connectivity index (χ0n) is 14.2. The molecule has 0 bridgehead atoms. The van der Waals surface area contributed by atoms with E-state index in [1.807, 2.05) is 0 Å². The first kappa shape index (κ1) is 18.9. The average molecular weight is 404 g/mol. The van der Waals surface area contributed by atoms with Crippen molar-refractivity contribution >= 4 is 46.4 Å². The number of amides is 2. The minimum absolute atomic E-state index is 0.0925. The maximum absolute atomic E-state index is 12.4. The van der Waals surface area contributed by atoms with Crippen molar-refractivity contribution in [3.63, 3.8) is 0 Å². The Hall–Kier alpha value is -2.90. The molecule has 0 aliphatic rings. The predicted molar refractivity (Wildman–Crippen MR) is 104 cm³/mol. The van der Waals surface area contributed by atoms with Gasteiger partial charge in [-0.2, -0.15) is 0 Å². The highest BCUT2D eigenvalue weighted by Gasteiger charge is 2.18. The van der Waals surface area contributed by atoms with Gasteiger partial charge in [0.15, 0.2) is 5.69 Å². The molecular weight excluding hydrogens is 389 g/mol. The first-order valence-corrected chi connectivity index (χ1v) is 8.71. The van der Waals surface area contributed by atoms with Crippen molar-refractivity contribution in [1.29, 1.82) is 0 Å². The van der Waals surface area contributed by atoms with Gasteiger partial charge in [-0.25, -0.2) is 4.68 Å². The summed E-state index contributed by atoms with van der Waals surface area (Å²) in [5, 5.41) is 14.1. The largest absolute Gasteiger partial charge is 0.324 e. The van der Waals surface area contributed by atoms with E-state index >= 15 is 0 Å². The number of carbonyl (C=O) groups excluding carboxylic acids is 2. The number of hydrogen-bond donors (Lipinski definition) is 2. The molecule has 2 aromatic carbocycles. The van der Waals surface area contributed by atoms with Crippen LogP contribution in [-0.4, -0.2) is 26.8 Å². The molecule has 0 aliphatic heterocycles. The molecule has 0 fully saturated rings. The van der Waals surface area contributed by atoms with Gasteiger partial charge < -0.3 is 10.6 Å². The first-order valence-electron chi connectivity index (χ1n) is 7.95. The first-order chi connectivity index (χ1) is 12.9. The van der Waals surface area contributed by atoms with Gasteiger partial charge in [0.05, 0.1) is 16.4 Å². The fourth-order valence-corrected chi connectivity index (χ4v) is 2.74. The number of aromatic nitrogens is 3. The molecule has 138 valence electrons. The molecule has 2 N–H and O–H groups in total. The van der Waals surface area contributed by atoms with Gasteiger partial charge in [-0.15, -0.1) is 5.10 Å². The van der Waals surface area contributed by atoms with Crippen LogP contribution in [0.1, 0.15) is 16.2 Å². The summed E-state index contributed by atoms with van der Waals surface area (Å²) in [6, 6.07) is 13.7. The summed E-state index contributed by atoms with van der Waals surface area (Å²) in [5.74, 6) is -0.773. The summed E-state index contributed by atoms with van der Waals surface area (Å²) in [6.45, 7) is 1.57. The monoisotopic (exact) mass is 403 g/mol. The Morgan fingerprint density at radius 1 is 1.07 bits per heavy atom. The minimum atomic E-state index is -0.456. The Balaban J connectivity index is 1.68. The Morgan fingerprint density at radius 2 is 1.85 bits per heavy atom. The lowest BCUT2D eigenvalue weighted by atomic mass is 10.2. The van der Waals surface area contributed by atoms with Crippen LogP contribution in [0.5, 0.6) is 0 Å². The zero-order chi connectivity index (χ0) is 19.4. The van der Waals surface area contributed by atoms with Crippen molar-refractivity contribution in [2.75, 3.05) is 10.6 Å². The van der Waals surface area contributed by atoms with Crippen molar-refractivity contribution in [1.82, 2.24) is 15.0 Å². The standard InChI is InChI=1S/C18H15Cl2N5O2/c1-11-17(18(27)22-15-8-3-2-7-14(15)20)23-24-25(11)10-16(26)21-13-6-4-5-12(19)9-13/h2-9H,10H2,1H3,(H,21,26)(H,22,27). The van der Waals surface area contributed by atoms with E-state index in [2.05, 4.69) is 20.9 Å². The maximum Gasteiger partial charge on any atom is 0.278 e. The number of anilines is 2. The summed E-state index contributed by atoms with van der Waals surface area (Å²) in [5.41, 5.74) is 1.62. The van der Waals surface area contributed by atoms with Crippen molar-refractivity contribution in [2.45, 2.75) is 13.5 Å². The number of hydrogen-bond acceptors (Lipinski definition) is 4. The highest BCUT2D eigenvalue weighted by atomic mass is 35.5. The van der Waals surface area contributed by atoms with E-state index in [4.69, 9.17) is 23.2 Å². The topological polar surface area (TPSA) is 88.9 Å². The molecule has 9 heteroatoms. The van der Waals surface area contributed by atoms with Gasteiger partial charge in [-0.1, -0.05) is 46.6 Å². The van der Waals surface area contributed by atoms with Crippen molar-refractivity contribution in [3.05, 3.63) is 70.0 Å². The third-order valence-electron chi connectivity index (χ3n) is 3.72. The van der Waals surface area contributed by atoms with E-state index in [1.165, 1.54) is 4.68 Å². The second-order valence-corrected chi connectivity index (χ2v) is 6.52. The number of para-hydroxylation sites is 1. The third-order valence-corrected chi connectivity index (χ3v) is 4.29. The smallest absolute Gasteiger partial charge is 0.278 e. The van der Waals surface area contributed by atoms with Crippen LogP contribution in [0.2, 0.25) is 10.0 Å². The fourth-order valence-electron chi connectivity index (χ4n) is 2.37. The maximum atomic E-state index is 12.4. The molecule has 0 aliphatic carbocycles. The van der Waals surface area contributed by atoms with Crippen LogP contribution >= 0.6 is 23.2 Å². The van der Waals surface area contributed by atoms with Crippen molar-refractivity contribution < 1.29 is 9.59 Å². The van der Waals surface area contributed by atoms with Crippen LogP contribution in [0.25, 0.3) is 0 Å². The van der Waals surface area contributed by atoms with E-state index in [9.17, 15) is 9.59 Å². The minimum Gasteiger partial charge on any atom is -0.324 e. The van der Waals surface area contributed by atoms with Crippen LogP contribution in [0, 0.1) is 6.92 Å². The lowest BCUT2D eigenvalue weighted by Crippen LogP contribution is -2.21. The van der Waals surface area contributed by atoms with Gasteiger partial charge in [0.25, 0.3) is 5.91 Å². The molecule has 3 aromatic rings. The van der Waals surface area contributed by atoms with Crippen LogP contribution < -0.4 is 10.6 Å². The zero-order valence-corrected chi connectivity index (χ0v) is 15.8. The van der Waals surface area contributed by atoms with Gasteiger partial charge in [0.1, 0.15) is 6.54 Å². The summed E-state index contributed by atoms with van der Waals surface area (Å²) in [6.07, 6.45) is 0. The van der Waals surface area contributed by atoms with E-state index in [1.54, 1.807) is 55.5 Å². The van der Waals surface area contributed by atoms with Crippen LogP contribution in [-0.2, 0) is 11.3 Å². The highest BCUT2D eigenvalue weighted by Crippen LogP contribution is 2.21. The number of nitrogens with zero attached hydrogens (tertiary/aromatic N) is 3. The summed E-state index contributed by atoms with van der Waals surface area (Å²) < 4.78 is 1.35. The van der Waals surface area contributed by atoms with Crippen molar-refractivity contribution in [3.8, 4) is 0 Å². The van der Waals surface area contributed by atoms with Gasteiger partial charge in [0, 0.05) is 10.7 Å². The van der Waals surface area contributed by atoms with Crippen LogP contribution in [0.15, 0.2) is 48.5 Å². The Bertz CT molecular complexity index is 1000. The number of benzene rings is 2. The molecule has 0 atom stereocenters. The van der Waals surface area contributed by atoms with Crippen molar-refractivity contribution in [2.24, 2.45) is 0 Å². The SMILES string of the molecule is Cc1c(C(=O)Nc2ccccc2Cl)nnn1CC(=O)Nc1cccc(Cl)c1. The van der Waals surface area contributed by atoms with E-state index in [-0.39, 0.29) is 18.1 Å². The van der Waals surface area contributed by atoms with Gasteiger partial charge in [-0.3, -0.25) is 9.59 Å². The second kappa shape index (κ2) is 8.20. The third kappa shape index (κ3) is 4.64. The molecule has 1 heterocycles. The molecule has 0 radical (unpaired) electrons. The van der Waals surface area contributed by atoms with Gasteiger partial charge in [0.2, 0.25) is 5.91 Å². The number of halogens is 2. The predicted octanol–water partition coefficient (Wildman–Crippen LogP) is 3.78. The molecule has 0 saturated carbocycles. The van der Waals surface area contributed by atoms with Gasteiger partial charge >= 0.3 is 0 Å². The highest BCUT2D eigenvalue weighted by molar-refractivity contribution is 6.33. The van der Waals surface area contributed by atoms with Crippen LogP contribution in [0.4, 0.5) is 11.4 Å². The second-order valence-electron chi connectivity index (χ2n) is 5.67. The van der Waals surface area contributed by atoms with E-state index in [0.717, 1.165) is 0 Å². The molecule has 0 spiro atoms. The quantitative estimate of drug-likeness (QED) is 0.677. The Morgan fingerprint density at radius 3 is 2.59 bits per heavy atom. The van der Waals surface area contributed by atoms with E-state index < -0.39 is 5.91 Å². The van der Waals surface area contributed by atoms with E-state index in [0.29, 0.717) is 27.1 Å². The Labute approximate surface area is 165 Å². The van der Waals surface area contributed by atoms with Gasteiger partial charge in [-0.05, 0) is 37.3 Å². The molecule has 7 nitrogen and oxygen atoms in total. The molecule has 1 aromatic heterocycles. The number of rotatable bonds is 5. The molecule has 0 unspecified atom stereocenters. The average Bonchev–Trinajstić information content (AvgIpc) is 2.97. The summed E-state index contributed by atoms with van der Waals surface area (Å²) in [7, 11) is 0. The molecular formula is C18H15Cl2N5O2. The summed E-state index contributed by atoms with van der Waals surface area (Å²) in [4.78, 5) is 24.6. The molecule has 27 heavy (non-hydrogen) atoms.